The first kappa shape index (κ1) is 19.7. The Hall–Kier alpha value is -3.60. The molecular weight excluding hydrogens is 390 g/mol. The van der Waals surface area contributed by atoms with Crippen LogP contribution in [0.15, 0.2) is 48.7 Å². The third-order valence-electron chi connectivity index (χ3n) is 5.18. The van der Waals surface area contributed by atoms with Gasteiger partial charge < -0.3 is 19.3 Å². The van der Waals surface area contributed by atoms with Crippen molar-refractivity contribution in [3.05, 3.63) is 54.2 Å². The zero-order valence-corrected chi connectivity index (χ0v) is 16.4. The van der Waals surface area contributed by atoms with Crippen LogP contribution in [0.3, 0.4) is 0 Å². The number of benzene rings is 2. The number of para-hydroxylation sites is 2. The molecule has 0 bridgehead atoms. The molecule has 1 aliphatic rings. The SMILES string of the molecule is COc1ccccc1N1CCN(c2c(C#N)cnc3ccc(OC(F)F)cc23)CC1. The van der Waals surface area contributed by atoms with Gasteiger partial charge in [-0.05, 0) is 30.3 Å². The first-order valence-electron chi connectivity index (χ1n) is 9.51. The molecule has 0 N–H and O–H groups in total. The molecule has 0 atom stereocenters. The van der Waals surface area contributed by atoms with Crippen molar-refractivity contribution >= 4 is 22.3 Å². The van der Waals surface area contributed by atoms with E-state index in [-0.39, 0.29) is 5.75 Å². The summed E-state index contributed by atoms with van der Waals surface area (Å²) in [7, 11) is 1.65. The quantitative estimate of drug-likeness (QED) is 0.633. The second kappa shape index (κ2) is 8.41. The van der Waals surface area contributed by atoms with Crippen LogP contribution in [0, 0.1) is 11.3 Å². The van der Waals surface area contributed by atoms with Crippen molar-refractivity contribution < 1.29 is 18.3 Å². The van der Waals surface area contributed by atoms with Gasteiger partial charge >= 0.3 is 6.61 Å². The van der Waals surface area contributed by atoms with Crippen LogP contribution in [-0.2, 0) is 0 Å². The number of alkyl halides is 2. The Bertz CT molecular complexity index is 1090. The van der Waals surface area contributed by atoms with Gasteiger partial charge in [0.1, 0.15) is 17.6 Å². The summed E-state index contributed by atoms with van der Waals surface area (Å²) in [4.78, 5) is 8.62. The first-order chi connectivity index (χ1) is 14.6. The monoisotopic (exact) mass is 410 g/mol. The molecule has 0 amide bonds. The van der Waals surface area contributed by atoms with Gasteiger partial charge in [-0.2, -0.15) is 14.0 Å². The summed E-state index contributed by atoms with van der Waals surface area (Å²) in [6.45, 7) is -0.148. The predicted molar refractivity (Wildman–Crippen MR) is 111 cm³/mol. The molecule has 1 aromatic heterocycles. The van der Waals surface area contributed by atoms with Crippen molar-refractivity contribution in [3.63, 3.8) is 0 Å². The predicted octanol–water partition coefficient (Wildman–Crippen LogP) is 4.04. The number of nitriles is 1. The van der Waals surface area contributed by atoms with Crippen molar-refractivity contribution in [2.45, 2.75) is 6.61 Å². The summed E-state index contributed by atoms with van der Waals surface area (Å²) in [5.41, 5.74) is 2.74. The second-order valence-corrected chi connectivity index (χ2v) is 6.84. The number of hydrogen-bond acceptors (Lipinski definition) is 6. The average Bonchev–Trinajstić information content (AvgIpc) is 2.78. The van der Waals surface area contributed by atoms with Crippen molar-refractivity contribution in [1.82, 2.24) is 4.98 Å². The van der Waals surface area contributed by atoms with Gasteiger partial charge in [0.05, 0.1) is 29.6 Å². The maximum atomic E-state index is 12.7. The highest BCUT2D eigenvalue weighted by atomic mass is 19.3. The lowest BCUT2D eigenvalue weighted by molar-refractivity contribution is -0.0497. The van der Waals surface area contributed by atoms with E-state index in [0.29, 0.717) is 35.2 Å². The van der Waals surface area contributed by atoms with Crippen molar-refractivity contribution in [2.75, 3.05) is 43.1 Å². The zero-order chi connectivity index (χ0) is 21.1. The van der Waals surface area contributed by atoms with Gasteiger partial charge in [0.15, 0.2) is 0 Å². The molecule has 1 aliphatic heterocycles. The van der Waals surface area contributed by atoms with Crippen LogP contribution in [0.1, 0.15) is 5.56 Å². The standard InChI is InChI=1S/C22H20F2N4O2/c1-29-20-5-3-2-4-19(20)27-8-10-28(11-9-27)21-15(13-25)14-26-18-7-6-16(12-17(18)21)30-22(23)24/h2-7,12,14,22H,8-11H2,1H3. The number of pyridine rings is 1. The van der Waals surface area contributed by atoms with Gasteiger partial charge in [0.25, 0.3) is 0 Å². The lowest BCUT2D eigenvalue weighted by atomic mass is 10.1. The minimum atomic E-state index is -2.91. The van der Waals surface area contributed by atoms with E-state index in [1.807, 2.05) is 24.3 Å². The van der Waals surface area contributed by atoms with E-state index in [4.69, 9.17) is 4.74 Å². The van der Waals surface area contributed by atoms with E-state index in [0.717, 1.165) is 24.5 Å². The van der Waals surface area contributed by atoms with Gasteiger partial charge in [-0.3, -0.25) is 4.98 Å². The summed E-state index contributed by atoms with van der Waals surface area (Å²) in [6.07, 6.45) is 1.53. The number of halogens is 2. The fraction of sp³-hybridized carbons (Fsp3) is 0.273. The van der Waals surface area contributed by atoms with Crippen LogP contribution in [0.25, 0.3) is 10.9 Å². The molecular formula is C22H20F2N4O2. The largest absolute Gasteiger partial charge is 0.495 e. The molecule has 8 heteroatoms. The van der Waals surface area contributed by atoms with Gasteiger partial charge in [0.2, 0.25) is 0 Å². The summed E-state index contributed by atoms with van der Waals surface area (Å²) < 4.78 is 35.4. The Morgan fingerprint density at radius 3 is 2.50 bits per heavy atom. The third kappa shape index (κ3) is 3.79. The molecule has 0 unspecified atom stereocenters. The lowest BCUT2D eigenvalue weighted by Gasteiger charge is -2.38. The Morgan fingerprint density at radius 2 is 1.80 bits per heavy atom. The molecule has 3 aromatic rings. The molecule has 0 aliphatic carbocycles. The van der Waals surface area contributed by atoms with Gasteiger partial charge in [-0.25, -0.2) is 0 Å². The van der Waals surface area contributed by atoms with E-state index in [9.17, 15) is 14.0 Å². The molecule has 0 spiro atoms. The first-order valence-corrected chi connectivity index (χ1v) is 9.51. The molecule has 0 saturated carbocycles. The van der Waals surface area contributed by atoms with Crippen molar-refractivity contribution in [2.24, 2.45) is 0 Å². The minimum Gasteiger partial charge on any atom is -0.495 e. The van der Waals surface area contributed by atoms with Crippen LogP contribution >= 0.6 is 0 Å². The summed E-state index contributed by atoms with van der Waals surface area (Å²) in [5.74, 6) is 0.857. The van der Waals surface area contributed by atoms with Crippen LogP contribution in [-0.4, -0.2) is 44.9 Å². The number of hydrogen-bond donors (Lipinski definition) is 0. The molecule has 30 heavy (non-hydrogen) atoms. The Morgan fingerprint density at radius 1 is 1.07 bits per heavy atom. The molecule has 1 fully saturated rings. The number of methoxy groups -OCH3 is 1. The highest BCUT2D eigenvalue weighted by molar-refractivity contribution is 5.95. The average molecular weight is 410 g/mol. The number of aromatic nitrogens is 1. The van der Waals surface area contributed by atoms with E-state index < -0.39 is 6.61 Å². The van der Waals surface area contributed by atoms with Gasteiger partial charge in [-0.15, -0.1) is 0 Å². The van der Waals surface area contributed by atoms with Crippen LogP contribution in [0.2, 0.25) is 0 Å². The maximum Gasteiger partial charge on any atom is 0.387 e. The lowest BCUT2D eigenvalue weighted by Crippen LogP contribution is -2.47. The summed E-state index contributed by atoms with van der Waals surface area (Å²) >= 11 is 0. The van der Waals surface area contributed by atoms with Crippen molar-refractivity contribution in [3.8, 4) is 17.6 Å². The summed E-state index contributed by atoms with van der Waals surface area (Å²) in [6, 6.07) is 14.6. The topological polar surface area (TPSA) is 61.6 Å². The number of nitrogens with zero attached hydrogens (tertiary/aromatic N) is 4. The number of fused-ring (bicyclic) bond motifs is 1. The fourth-order valence-electron chi connectivity index (χ4n) is 3.82. The summed E-state index contributed by atoms with van der Waals surface area (Å²) in [5, 5.41) is 10.2. The molecule has 0 radical (unpaired) electrons. The highest BCUT2D eigenvalue weighted by Gasteiger charge is 2.23. The van der Waals surface area contributed by atoms with Gasteiger partial charge in [0, 0.05) is 37.8 Å². The smallest absolute Gasteiger partial charge is 0.387 e. The minimum absolute atomic E-state index is 0.0447. The van der Waals surface area contributed by atoms with Crippen LogP contribution in [0.5, 0.6) is 11.5 Å². The van der Waals surface area contributed by atoms with Crippen LogP contribution < -0.4 is 19.3 Å². The number of piperazine rings is 1. The normalized spacial score (nSPS) is 14.1. The molecule has 1 saturated heterocycles. The molecule has 6 nitrogen and oxygen atoms in total. The van der Waals surface area contributed by atoms with Crippen LogP contribution in [0.4, 0.5) is 20.2 Å². The molecule has 2 heterocycles. The fourth-order valence-corrected chi connectivity index (χ4v) is 3.82. The molecule has 2 aromatic carbocycles. The van der Waals surface area contributed by atoms with Crippen molar-refractivity contribution in [1.29, 1.82) is 5.26 Å². The second-order valence-electron chi connectivity index (χ2n) is 6.84. The maximum absolute atomic E-state index is 12.7. The van der Waals surface area contributed by atoms with E-state index in [2.05, 4.69) is 25.6 Å². The Labute approximate surface area is 172 Å². The van der Waals surface area contributed by atoms with E-state index in [1.165, 1.54) is 18.3 Å². The Kier molecular flexibility index (Phi) is 5.53. The van der Waals surface area contributed by atoms with E-state index >= 15 is 0 Å². The molecule has 4 rings (SSSR count). The molecule has 154 valence electrons. The third-order valence-corrected chi connectivity index (χ3v) is 5.18. The zero-order valence-electron chi connectivity index (χ0n) is 16.4. The van der Waals surface area contributed by atoms with Gasteiger partial charge in [-0.1, -0.05) is 12.1 Å². The van der Waals surface area contributed by atoms with E-state index in [1.54, 1.807) is 13.2 Å². The highest BCUT2D eigenvalue weighted by Crippen LogP contribution is 2.34. The Balaban J connectivity index is 1.65. The number of rotatable bonds is 5. The number of anilines is 2. The number of ether oxygens (including phenoxy) is 2.